The molecule has 0 saturated carbocycles. The number of anilines is 1. The molecule has 0 N–H and O–H groups in total. The van der Waals surface area contributed by atoms with Crippen LogP contribution in [0.1, 0.15) is 77.4 Å². The Hall–Kier alpha value is -2.76. The quantitative estimate of drug-likeness (QED) is 0.715. The number of benzene rings is 1. The molecular formula is C23H31N5O. The smallest absolute Gasteiger partial charge is 0.278 e. The molecule has 0 aliphatic carbocycles. The van der Waals surface area contributed by atoms with Crippen LogP contribution in [-0.2, 0) is 0 Å². The molecule has 1 aromatic heterocycles. The Kier molecular flexibility index (Phi) is 6.01. The largest absolute Gasteiger partial charge is 0.372 e. The fourth-order valence-corrected chi connectivity index (χ4v) is 3.72. The van der Waals surface area contributed by atoms with E-state index in [-0.39, 0.29) is 17.4 Å². The van der Waals surface area contributed by atoms with E-state index in [1.807, 2.05) is 32.9 Å². The van der Waals surface area contributed by atoms with Crippen LogP contribution in [-0.4, -0.2) is 34.2 Å². The number of rotatable bonds is 6. The van der Waals surface area contributed by atoms with Crippen LogP contribution in [0.25, 0.3) is 0 Å². The summed E-state index contributed by atoms with van der Waals surface area (Å²) in [5.74, 6) is 0.782. The molecule has 2 heterocycles. The van der Waals surface area contributed by atoms with Gasteiger partial charge in [-0.1, -0.05) is 27.7 Å². The molecule has 0 amide bonds. The number of hydrogen-bond acceptors (Lipinski definition) is 5. The fourth-order valence-electron chi connectivity index (χ4n) is 3.72. The Morgan fingerprint density at radius 1 is 1.03 bits per heavy atom. The van der Waals surface area contributed by atoms with Crippen molar-refractivity contribution in [3.05, 3.63) is 51.7 Å². The highest BCUT2D eigenvalue weighted by Gasteiger charge is 2.28. The third-order valence-electron chi connectivity index (χ3n) is 5.27. The molecule has 0 atom stereocenters. The van der Waals surface area contributed by atoms with Crippen molar-refractivity contribution in [2.45, 2.75) is 60.3 Å². The lowest BCUT2D eigenvalue weighted by atomic mass is 9.96. The van der Waals surface area contributed by atoms with E-state index in [9.17, 15) is 4.79 Å². The van der Waals surface area contributed by atoms with Gasteiger partial charge in [-0.2, -0.15) is 9.78 Å². The van der Waals surface area contributed by atoms with Gasteiger partial charge in [0.15, 0.2) is 5.82 Å². The SMILES string of the molecule is CCN(CC)c1ccc(N=C2C(C)=Nn3c2nc(C(C)C)c(C(C)C)c3=O)cc1. The Labute approximate surface area is 173 Å². The minimum atomic E-state index is -0.0878. The van der Waals surface area contributed by atoms with Crippen molar-refractivity contribution in [3.8, 4) is 0 Å². The lowest BCUT2D eigenvalue weighted by molar-refractivity contribution is 0.685. The van der Waals surface area contributed by atoms with Crippen molar-refractivity contribution < 1.29 is 0 Å². The van der Waals surface area contributed by atoms with Crippen molar-refractivity contribution in [1.29, 1.82) is 0 Å². The molecule has 29 heavy (non-hydrogen) atoms. The van der Waals surface area contributed by atoms with E-state index in [1.54, 1.807) is 0 Å². The van der Waals surface area contributed by atoms with Crippen molar-refractivity contribution in [1.82, 2.24) is 9.66 Å². The number of nitrogens with zero attached hydrogens (tertiary/aromatic N) is 5. The van der Waals surface area contributed by atoms with E-state index in [1.165, 1.54) is 10.4 Å². The van der Waals surface area contributed by atoms with Crippen LogP contribution in [0.4, 0.5) is 11.4 Å². The molecule has 3 rings (SSSR count). The average Bonchev–Trinajstić information content (AvgIpc) is 2.99. The lowest BCUT2D eigenvalue weighted by Crippen LogP contribution is -2.28. The minimum absolute atomic E-state index is 0.0878. The molecule has 6 heteroatoms. The molecule has 1 aromatic carbocycles. The van der Waals surface area contributed by atoms with E-state index in [0.717, 1.165) is 30.0 Å². The monoisotopic (exact) mass is 393 g/mol. The Bertz CT molecular complexity index is 1010. The van der Waals surface area contributed by atoms with Gasteiger partial charge in [0.2, 0.25) is 0 Å². The van der Waals surface area contributed by atoms with Crippen LogP contribution in [0.3, 0.4) is 0 Å². The van der Waals surface area contributed by atoms with Gasteiger partial charge in [0.25, 0.3) is 5.56 Å². The zero-order chi connectivity index (χ0) is 21.3. The summed E-state index contributed by atoms with van der Waals surface area (Å²) in [6, 6.07) is 8.16. The lowest BCUT2D eigenvalue weighted by Gasteiger charge is -2.20. The van der Waals surface area contributed by atoms with Crippen molar-refractivity contribution in [2.24, 2.45) is 10.1 Å². The highest BCUT2D eigenvalue weighted by Crippen LogP contribution is 2.25. The zero-order valence-corrected chi connectivity index (χ0v) is 18.5. The summed E-state index contributed by atoms with van der Waals surface area (Å²) in [7, 11) is 0. The summed E-state index contributed by atoms with van der Waals surface area (Å²) >= 11 is 0. The van der Waals surface area contributed by atoms with Gasteiger partial charge in [-0.05, 0) is 56.9 Å². The fraction of sp³-hybridized carbons (Fsp3) is 0.478. The summed E-state index contributed by atoms with van der Waals surface area (Å²) < 4.78 is 1.42. The van der Waals surface area contributed by atoms with E-state index in [4.69, 9.17) is 9.98 Å². The first-order valence-electron chi connectivity index (χ1n) is 10.4. The van der Waals surface area contributed by atoms with Crippen LogP contribution in [0.2, 0.25) is 0 Å². The van der Waals surface area contributed by atoms with Gasteiger partial charge >= 0.3 is 0 Å². The topological polar surface area (TPSA) is 62.9 Å². The predicted octanol–water partition coefficient (Wildman–Crippen LogP) is 4.69. The van der Waals surface area contributed by atoms with Crippen LogP contribution in [0, 0.1) is 0 Å². The third-order valence-corrected chi connectivity index (χ3v) is 5.27. The Morgan fingerprint density at radius 3 is 2.17 bits per heavy atom. The Balaban J connectivity index is 2.09. The summed E-state index contributed by atoms with van der Waals surface area (Å²) in [6.45, 7) is 16.3. The van der Waals surface area contributed by atoms with Crippen LogP contribution in [0.15, 0.2) is 39.2 Å². The summed E-state index contributed by atoms with van der Waals surface area (Å²) in [4.78, 5) is 25.0. The first kappa shape index (κ1) is 21.0. The van der Waals surface area contributed by atoms with E-state index >= 15 is 0 Å². The van der Waals surface area contributed by atoms with Gasteiger partial charge in [-0.15, -0.1) is 0 Å². The number of aromatic nitrogens is 2. The molecule has 0 saturated heterocycles. The predicted molar refractivity (Wildman–Crippen MR) is 121 cm³/mol. The molecular weight excluding hydrogens is 362 g/mol. The molecule has 0 radical (unpaired) electrons. The minimum Gasteiger partial charge on any atom is -0.372 e. The first-order chi connectivity index (χ1) is 13.8. The first-order valence-corrected chi connectivity index (χ1v) is 10.4. The Morgan fingerprint density at radius 2 is 1.66 bits per heavy atom. The van der Waals surface area contributed by atoms with Crippen molar-refractivity contribution in [3.63, 3.8) is 0 Å². The van der Waals surface area contributed by atoms with Gasteiger partial charge in [-0.3, -0.25) is 4.79 Å². The zero-order valence-electron chi connectivity index (χ0n) is 18.5. The average molecular weight is 394 g/mol. The number of hydrogen-bond donors (Lipinski definition) is 0. The normalized spacial score (nSPS) is 14.7. The van der Waals surface area contributed by atoms with Crippen LogP contribution in [0.5, 0.6) is 0 Å². The third kappa shape index (κ3) is 3.88. The summed E-state index contributed by atoms with van der Waals surface area (Å²) in [5.41, 5.74) is 4.86. The molecule has 1 aliphatic rings. The molecule has 0 fully saturated rings. The van der Waals surface area contributed by atoms with Crippen molar-refractivity contribution >= 4 is 22.8 Å². The van der Waals surface area contributed by atoms with Gasteiger partial charge in [0.1, 0.15) is 5.71 Å². The maximum atomic E-state index is 13.1. The maximum Gasteiger partial charge on any atom is 0.278 e. The van der Waals surface area contributed by atoms with Crippen molar-refractivity contribution in [2.75, 3.05) is 18.0 Å². The van der Waals surface area contributed by atoms with Crippen LogP contribution >= 0.6 is 0 Å². The molecule has 6 nitrogen and oxygen atoms in total. The highest BCUT2D eigenvalue weighted by molar-refractivity contribution is 6.48. The van der Waals surface area contributed by atoms with Gasteiger partial charge < -0.3 is 4.90 Å². The van der Waals surface area contributed by atoms with Gasteiger partial charge in [0, 0.05) is 24.3 Å². The van der Waals surface area contributed by atoms with Crippen LogP contribution < -0.4 is 10.5 Å². The van der Waals surface area contributed by atoms with Gasteiger partial charge in [-0.25, -0.2) is 9.98 Å². The summed E-state index contributed by atoms with van der Waals surface area (Å²) in [6.07, 6.45) is 0. The summed E-state index contributed by atoms with van der Waals surface area (Å²) in [5, 5.41) is 4.46. The van der Waals surface area contributed by atoms with Gasteiger partial charge in [0.05, 0.1) is 17.1 Å². The molecule has 0 spiro atoms. The van der Waals surface area contributed by atoms with E-state index in [0.29, 0.717) is 17.2 Å². The standard InChI is InChI=1S/C23H31N5O/c1-8-27(9-2)18-12-10-17(11-13-18)24-21-16(7)26-28-22(21)25-20(15(5)6)19(14(3)4)23(28)29/h10-15H,8-9H2,1-7H3. The second kappa shape index (κ2) is 8.31. The second-order valence-electron chi connectivity index (χ2n) is 8.00. The maximum absolute atomic E-state index is 13.1. The second-order valence-corrected chi connectivity index (χ2v) is 8.00. The molecule has 2 aromatic rings. The highest BCUT2D eigenvalue weighted by atomic mass is 16.1. The molecule has 154 valence electrons. The molecule has 0 bridgehead atoms. The van der Waals surface area contributed by atoms with E-state index < -0.39 is 0 Å². The number of fused-ring (bicyclic) bond motifs is 1. The van der Waals surface area contributed by atoms with E-state index in [2.05, 4.69) is 49.8 Å². The number of aliphatic imine (C=N–C) groups is 1. The molecule has 0 unspecified atom stereocenters. The molecule has 1 aliphatic heterocycles.